The maximum absolute atomic E-state index is 12.6. The van der Waals surface area contributed by atoms with E-state index in [1.165, 1.54) is 0 Å². The molecule has 0 atom stereocenters. The smallest absolute Gasteiger partial charge is 0.287 e. The second-order valence-corrected chi connectivity index (χ2v) is 6.56. The number of nitrogens with zero attached hydrogens (tertiary/aromatic N) is 2. The Balaban J connectivity index is 1.74. The van der Waals surface area contributed by atoms with Crippen LogP contribution in [0.3, 0.4) is 0 Å². The minimum absolute atomic E-state index is 0.198. The van der Waals surface area contributed by atoms with Crippen molar-refractivity contribution in [1.82, 2.24) is 20.0 Å². The number of fused-ring (bicyclic) bond motifs is 1. The number of carbonyl (C=O) groups excluding carboxylic acids is 2. The second-order valence-electron chi connectivity index (χ2n) is 6.13. The van der Waals surface area contributed by atoms with Crippen LogP contribution in [0.2, 0.25) is 5.02 Å². The SMILES string of the molecule is CCCNC(=O)c1nc(C(=O)NCCc2ccc(Cl)cc2)n2ccccc12. The van der Waals surface area contributed by atoms with Crippen molar-refractivity contribution in [3.63, 3.8) is 0 Å². The number of rotatable bonds is 7. The van der Waals surface area contributed by atoms with Gasteiger partial charge in [0.25, 0.3) is 11.8 Å². The van der Waals surface area contributed by atoms with Gasteiger partial charge in [0.15, 0.2) is 5.69 Å². The maximum atomic E-state index is 12.6. The monoisotopic (exact) mass is 384 g/mol. The van der Waals surface area contributed by atoms with E-state index in [1.54, 1.807) is 22.7 Å². The maximum Gasteiger partial charge on any atom is 0.287 e. The zero-order chi connectivity index (χ0) is 19.2. The molecule has 0 radical (unpaired) electrons. The van der Waals surface area contributed by atoms with Crippen LogP contribution in [0.4, 0.5) is 0 Å². The van der Waals surface area contributed by atoms with Gasteiger partial charge in [-0.3, -0.25) is 14.0 Å². The fourth-order valence-corrected chi connectivity index (χ4v) is 2.86. The van der Waals surface area contributed by atoms with Crippen molar-refractivity contribution in [1.29, 1.82) is 0 Å². The van der Waals surface area contributed by atoms with Crippen LogP contribution >= 0.6 is 11.6 Å². The summed E-state index contributed by atoms with van der Waals surface area (Å²) in [5.74, 6) is -0.399. The molecule has 3 aromatic rings. The number of pyridine rings is 1. The van der Waals surface area contributed by atoms with Crippen molar-refractivity contribution in [2.75, 3.05) is 13.1 Å². The van der Waals surface area contributed by atoms with Gasteiger partial charge in [-0.15, -0.1) is 0 Å². The van der Waals surface area contributed by atoms with Crippen molar-refractivity contribution in [2.45, 2.75) is 19.8 Å². The summed E-state index contributed by atoms with van der Waals surface area (Å²) >= 11 is 5.88. The number of carbonyl (C=O) groups is 2. The summed E-state index contributed by atoms with van der Waals surface area (Å²) in [6.45, 7) is 3.00. The van der Waals surface area contributed by atoms with Crippen LogP contribution in [0.1, 0.15) is 40.0 Å². The molecule has 27 heavy (non-hydrogen) atoms. The van der Waals surface area contributed by atoms with E-state index in [2.05, 4.69) is 15.6 Å². The lowest BCUT2D eigenvalue weighted by Crippen LogP contribution is -2.28. The first-order valence-corrected chi connectivity index (χ1v) is 9.26. The highest BCUT2D eigenvalue weighted by Gasteiger charge is 2.20. The van der Waals surface area contributed by atoms with Gasteiger partial charge < -0.3 is 10.6 Å². The Morgan fingerprint density at radius 1 is 1.04 bits per heavy atom. The second kappa shape index (κ2) is 8.68. The van der Waals surface area contributed by atoms with Crippen LogP contribution in [0.25, 0.3) is 5.52 Å². The first kappa shape index (κ1) is 18.9. The van der Waals surface area contributed by atoms with Gasteiger partial charge in [0.05, 0.1) is 5.52 Å². The highest BCUT2D eigenvalue weighted by molar-refractivity contribution is 6.30. The van der Waals surface area contributed by atoms with Crippen molar-refractivity contribution in [3.05, 3.63) is 70.8 Å². The zero-order valence-electron chi connectivity index (χ0n) is 15.0. The van der Waals surface area contributed by atoms with Crippen molar-refractivity contribution in [3.8, 4) is 0 Å². The fourth-order valence-electron chi connectivity index (χ4n) is 2.74. The van der Waals surface area contributed by atoms with E-state index in [9.17, 15) is 9.59 Å². The predicted molar refractivity (Wildman–Crippen MR) is 105 cm³/mol. The Kier molecular flexibility index (Phi) is 6.08. The Morgan fingerprint density at radius 2 is 1.78 bits per heavy atom. The van der Waals surface area contributed by atoms with Crippen LogP contribution in [-0.4, -0.2) is 34.3 Å². The van der Waals surface area contributed by atoms with Gasteiger partial charge in [-0.05, 0) is 42.7 Å². The highest BCUT2D eigenvalue weighted by atomic mass is 35.5. The van der Waals surface area contributed by atoms with E-state index < -0.39 is 0 Å². The molecule has 2 aromatic heterocycles. The first-order chi connectivity index (χ1) is 13.1. The van der Waals surface area contributed by atoms with E-state index >= 15 is 0 Å². The molecule has 2 heterocycles. The molecule has 0 aliphatic heterocycles. The molecule has 0 spiro atoms. The summed E-state index contributed by atoms with van der Waals surface area (Å²) in [5.41, 5.74) is 1.94. The molecule has 140 valence electrons. The predicted octanol–water partition coefficient (Wildman–Crippen LogP) is 3.10. The normalized spacial score (nSPS) is 10.7. The van der Waals surface area contributed by atoms with Crippen molar-refractivity contribution >= 4 is 28.9 Å². The van der Waals surface area contributed by atoms with Gasteiger partial charge in [-0.25, -0.2) is 4.98 Å². The van der Waals surface area contributed by atoms with Crippen LogP contribution < -0.4 is 10.6 Å². The Labute approximate surface area is 162 Å². The number of halogens is 1. The Morgan fingerprint density at radius 3 is 2.52 bits per heavy atom. The number of hydrogen-bond acceptors (Lipinski definition) is 3. The summed E-state index contributed by atoms with van der Waals surface area (Å²) in [5, 5.41) is 6.35. The van der Waals surface area contributed by atoms with Crippen LogP contribution in [0.5, 0.6) is 0 Å². The van der Waals surface area contributed by atoms with Gasteiger partial charge in [0, 0.05) is 24.3 Å². The van der Waals surface area contributed by atoms with Gasteiger partial charge in [0.1, 0.15) is 0 Å². The Hall–Kier alpha value is -2.86. The quantitative estimate of drug-likeness (QED) is 0.657. The molecule has 0 fully saturated rings. The third-order valence-corrected chi connectivity index (χ3v) is 4.37. The molecular formula is C20H21ClN4O2. The average Bonchev–Trinajstić information content (AvgIpc) is 3.07. The molecule has 0 unspecified atom stereocenters. The molecule has 2 amide bonds. The van der Waals surface area contributed by atoms with Crippen molar-refractivity contribution in [2.24, 2.45) is 0 Å². The molecule has 0 aliphatic rings. The van der Waals surface area contributed by atoms with Crippen molar-refractivity contribution < 1.29 is 9.59 Å². The molecule has 3 rings (SSSR count). The molecule has 0 saturated heterocycles. The number of imidazole rings is 1. The number of amides is 2. The van der Waals surface area contributed by atoms with Gasteiger partial charge in [-0.2, -0.15) is 0 Å². The van der Waals surface area contributed by atoms with Gasteiger partial charge >= 0.3 is 0 Å². The lowest BCUT2D eigenvalue weighted by Gasteiger charge is -2.05. The third-order valence-electron chi connectivity index (χ3n) is 4.11. The van der Waals surface area contributed by atoms with E-state index in [0.717, 1.165) is 12.0 Å². The summed E-state index contributed by atoms with van der Waals surface area (Å²) in [6, 6.07) is 12.9. The number of nitrogens with one attached hydrogen (secondary N) is 2. The zero-order valence-corrected chi connectivity index (χ0v) is 15.8. The molecule has 1 aromatic carbocycles. The number of aromatic nitrogens is 2. The van der Waals surface area contributed by atoms with E-state index in [4.69, 9.17) is 11.6 Å². The molecule has 0 bridgehead atoms. The molecule has 0 saturated carbocycles. The molecule has 6 nitrogen and oxygen atoms in total. The molecule has 0 aliphatic carbocycles. The van der Waals surface area contributed by atoms with Crippen LogP contribution in [-0.2, 0) is 6.42 Å². The van der Waals surface area contributed by atoms with Gasteiger partial charge in [0.2, 0.25) is 5.82 Å². The lowest BCUT2D eigenvalue weighted by molar-refractivity contribution is 0.0943. The molecular weight excluding hydrogens is 364 g/mol. The number of benzene rings is 1. The van der Waals surface area contributed by atoms with Crippen LogP contribution in [0.15, 0.2) is 48.7 Å². The van der Waals surface area contributed by atoms with Crippen LogP contribution in [0, 0.1) is 0 Å². The molecule has 2 N–H and O–H groups in total. The largest absolute Gasteiger partial charge is 0.351 e. The minimum atomic E-state index is -0.320. The van der Waals surface area contributed by atoms with Gasteiger partial charge in [-0.1, -0.05) is 36.7 Å². The van der Waals surface area contributed by atoms with E-state index in [0.29, 0.717) is 30.0 Å². The molecule has 7 heteroatoms. The standard InChI is InChI=1S/C20H21ClN4O2/c1-2-11-22-19(26)17-16-5-3-4-13-25(16)18(24-17)20(27)23-12-10-14-6-8-15(21)9-7-14/h3-9,13H,2,10-12H2,1H3,(H,22,26)(H,23,27). The highest BCUT2D eigenvalue weighted by Crippen LogP contribution is 2.14. The minimum Gasteiger partial charge on any atom is -0.351 e. The lowest BCUT2D eigenvalue weighted by atomic mass is 10.1. The van der Waals surface area contributed by atoms with E-state index in [-0.39, 0.29) is 23.3 Å². The summed E-state index contributed by atoms with van der Waals surface area (Å²) < 4.78 is 1.64. The average molecular weight is 385 g/mol. The fraction of sp³-hybridized carbons (Fsp3) is 0.250. The summed E-state index contributed by atoms with van der Waals surface area (Å²) in [7, 11) is 0. The Bertz CT molecular complexity index is 950. The number of hydrogen-bond donors (Lipinski definition) is 2. The third kappa shape index (κ3) is 4.46. The first-order valence-electron chi connectivity index (χ1n) is 8.88. The summed E-state index contributed by atoms with van der Waals surface area (Å²) in [6.07, 6.45) is 3.23. The topological polar surface area (TPSA) is 75.5 Å². The van der Waals surface area contributed by atoms with E-state index in [1.807, 2.05) is 37.3 Å². The summed E-state index contributed by atoms with van der Waals surface area (Å²) in [4.78, 5) is 29.3.